The maximum Gasteiger partial charge on any atom is 0.325 e. The Morgan fingerprint density at radius 3 is 3.00 bits per heavy atom. The maximum atomic E-state index is 10.9. The highest BCUT2D eigenvalue weighted by atomic mass is 16.5. The summed E-state index contributed by atoms with van der Waals surface area (Å²) in [7, 11) is 1.33. The van der Waals surface area contributed by atoms with Crippen LogP contribution in [0.1, 0.15) is 13.3 Å². The van der Waals surface area contributed by atoms with Crippen molar-refractivity contribution in [1.82, 2.24) is 9.97 Å². The van der Waals surface area contributed by atoms with Crippen LogP contribution in [0.5, 0.6) is 5.88 Å². The average Bonchev–Trinajstić information content (AvgIpc) is 2.34. The Morgan fingerprint density at radius 1 is 1.50 bits per heavy atom. The average molecular weight is 225 g/mol. The van der Waals surface area contributed by atoms with Crippen LogP contribution in [0.3, 0.4) is 0 Å². The van der Waals surface area contributed by atoms with Gasteiger partial charge in [-0.25, -0.2) is 0 Å². The summed E-state index contributed by atoms with van der Waals surface area (Å²) in [5.41, 5.74) is 0. The highest BCUT2D eigenvalue weighted by Gasteiger charge is 2.02. The molecule has 6 heteroatoms. The van der Waals surface area contributed by atoms with E-state index in [0.29, 0.717) is 18.3 Å². The van der Waals surface area contributed by atoms with Gasteiger partial charge in [0.2, 0.25) is 5.88 Å². The lowest BCUT2D eigenvalue weighted by atomic mass is 10.5. The van der Waals surface area contributed by atoms with Crippen LogP contribution in [0.15, 0.2) is 12.4 Å². The van der Waals surface area contributed by atoms with Crippen molar-refractivity contribution >= 4 is 11.8 Å². The predicted molar refractivity (Wildman–Crippen MR) is 58.3 cm³/mol. The number of rotatable bonds is 6. The van der Waals surface area contributed by atoms with E-state index in [9.17, 15) is 4.79 Å². The minimum absolute atomic E-state index is 0.0579. The van der Waals surface area contributed by atoms with Crippen LogP contribution in [-0.4, -0.2) is 36.2 Å². The first kappa shape index (κ1) is 12.2. The van der Waals surface area contributed by atoms with Gasteiger partial charge in [0, 0.05) is 0 Å². The second-order valence-corrected chi connectivity index (χ2v) is 3.02. The minimum Gasteiger partial charge on any atom is -0.477 e. The van der Waals surface area contributed by atoms with Gasteiger partial charge in [-0.05, 0) is 6.42 Å². The third-order valence-electron chi connectivity index (χ3n) is 1.71. The number of nitrogens with zero attached hydrogens (tertiary/aromatic N) is 2. The molecule has 88 valence electrons. The summed E-state index contributed by atoms with van der Waals surface area (Å²) in [6.07, 6.45) is 3.95. The first-order valence-electron chi connectivity index (χ1n) is 5.01. The molecule has 0 bridgehead atoms. The molecule has 0 fully saturated rings. The van der Waals surface area contributed by atoms with Gasteiger partial charge in [-0.2, -0.15) is 4.98 Å². The van der Waals surface area contributed by atoms with Crippen molar-refractivity contribution in [3.63, 3.8) is 0 Å². The number of esters is 1. The Morgan fingerprint density at radius 2 is 2.31 bits per heavy atom. The first-order valence-corrected chi connectivity index (χ1v) is 5.01. The van der Waals surface area contributed by atoms with Gasteiger partial charge in [-0.3, -0.25) is 9.78 Å². The zero-order valence-electron chi connectivity index (χ0n) is 9.40. The fraction of sp³-hybridized carbons (Fsp3) is 0.500. The lowest BCUT2D eigenvalue weighted by molar-refractivity contribution is -0.138. The van der Waals surface area contributed by atoms with Crippen LogP contribution in [-0.2, 0) is 9.53 Å². The summed E-state index contributed by atoms with van der Waals surface area (Å²) in [6, 6.07) is 0. The van der Waals surface area contributed by atoms with E-state index in [0.717, 1.165) is 6.42 Å². The van der Waals surface area contributed by atoms with Crippen molar-refractivity contribution in [3.8, 4) is 5.88 Å². The Kier molecular flexibility index (Phi) is 5.04. The Balaban J connectivity index is 2.50. The quantitative estimate of drug-likeness (QED) is 0.723. The number of methoxy groups -OCH3 is 1. The van der Waals surface area contributed by atoms with E-state index in [-0.39, 0.29) is 12.5 Å². The molecule has 1 heterocycles. The molecule has 0 atom stereocenters. The third kappa shape index (κ3) is 4.12. The number of carbonyl (C=O) groups excluding carboxylic acids is 1. The number of carbonyl (C=O) groups is 1. The molecule has 1 N–H and O–H groups in total. The van der Waals surface area contributed by atoms with Gasteiger partial charge >= 0.3 is 5.97 Å². The van der Waals surface area contributed by atoms with Gasteiger partial charge in [-0.1, -0.05) is 6.92 Å². The van der Waals surface area contributed by atoms with E-state index >= 15 is 0 Å². The smallest absolute Gasteiger partial charge is 0.325 e. The molecule has 6 nitrogen and oxygen atoms in total. The molecule has 0 aliphatic heterocycles. The van der Waals surface area contributed by atoms with Gasteiger partial charge in [0.1, 0.15) is 12.4 Å². The fourth-order valence-electron chi connectivity index (χ4n) is 0.944. The minimum atomic E-state index is -0.360. The van der Waals surface area contributed by atoms with Crippen LogP contribution in [0.4, 0.5) is 5.82 Å². The van der Waals surface area contributed by atoms with Crippen LogP contribution >= 0.6 is 0 Å². The highest BCUT2D eigenvalue weighted by Crippen LogP contribution is 2.08. The molecular weight excluding hydrogens is 210 g/mol. The summed E-state index contributed by atoms with van der Waals surface area (Å²) in [5.74, 6) is 0.567. The van der Waals surface area contributed by atoms with Crippen molar-refractivity contribution in [2.75, 3.05) is 25.6 Å². The molecule has 0 aromatic carbocycles. The maximum absolute atomic E-state index is 10.9. The van der Waals surface area contributed by atoms with E-state index in [2.05, 4.69) is 20.0 Å². The highest BCUT2D eigenvalue weighted by molar-refractivity contribution is 5.74. The zero-order chi connectivity index (χ0) is 11.8. The van der Waals surface area contributed by atoms with Crippen molar-refractivity contribution in [2.24, 2.45) is 0 Å². The van der Waals surface area contributed by atoms with Gasteiger partial charge in [-0.15, -0.1) is 0 Å². The van der Waals surface area contributed by atoms with Gasteiger partial charge in [0.05, 0.1) is 26.1 Å². The summed E-state index contributed by atoms with van der Waals surface area (Å²) >= 11 is 0. The number of ether oxygens (including phenoxy) is 2. The van der Waals surface area contributed by atoms with E-state index in [1.165, 1.54) is 19.5 Å². The number of hydrogen-bond acceptors (Lipinski definition) is 6. The lowest BCUT2D eigenvalue weighted by Crippen LogP contribution is -2.16. The molecule has 0 saturated heterocycles. The van der Waals surface area contributed by atoms with Crippen molar-refractivity contribution in [1.29, 1.82) is 0 Å². The second kappa shape index (κ2) is 6.60. The Hall–Kier alpha value is -1.85. The predicted octanol–water partition coefficient (Wildman–Crippen LogP) is 0.850. The molecule has 0 spiro atoms. The first-order chi connectivity index (χ1) is 7.76. The van der Waals surface area contributed by atoms with E-state index in [1.54, 1.807) is 0 Å². The number of anilines is 1. The molecule has 1 rings (SSSR count). The summed E-state index contributed by atoms with van der Waals surface area (Å²) in [5, 5.41) is 2.78. The van der Waals surface area contributed by atoms with Crippen molar-refractivity contribution < 1.29 is 14.3 Å². The van der Waals surface area contributed by atoms with Crippen LogP contribution in [0.25, 0.3) is 0 Å². The van der Waals surface area contributed by atoms with Crippen LogP contribution < -0.4 is 10.1 Å². The van der Waals surface area contributed by atoms with Crippen molar-refractivity contribution in [3.05, 3.63) is 12.4 Å². The normalized spacial score (nSPS) is 9.62. The summed E-state index contributed by atoms with van der Waals surface area (Å²) in [6.45, 7) is 2.66. The molecule has 0 unspecified atom stereocenters. The van der Waals surface area contributed by atoms with Crippen LogP contribution in [0, 0.1) is 0 Å². The SMILES string of the molecule is CCCOc1cncc(NCC(=O)OC)n1. The molecular formula is C10H15N3O3. The lowest BCUT2D eigenvalue weighted by Gasteiger charge is -2.06. The Labute approximate surface area is 94.0 Å². The third-order valence-corrected chi connectivity index (χ3v) is 1.71. The largest absolute Gasteiger partial charge is 0.477 e. The summed E-state index contributed by atoms with van der Waals surface area (Å²) in [4.78, 5) is 18.9. The summed E-state index contributed by atoms with van der Waals surface area (Å²) < 4.78 is 9.79. The topological polar surface area (TPSA) is 73.3 Å². The van der Waals surface area contributed by atoms with Gasteiger partial charge < -0.3 is 14.8 Å². The molecule has 0 amide bonds. The number of nitrogens with one attached hydrogen (secondary N) is 1. The number of hydrogen-bond donors (Lipinski definition) is 1. The molecule has 0 aliphatic carbocycles. The van der Waals surface area contributed by atoms with E-state index in [1.807, 2.05) is 6.92 Å². The molecule has 0 radical (unpaired) electrons. The van der Waals surface area contributed by atoms with Crippen molar-refractivity contribution in [2.45, 2.75) is 13.3 Å². The zero-order valence-corrected chi connectivity index (χ0v) is 9.40. The van der Waals surface area contributed by atoms with E-state index < -0.39 is 0 Å². The Bertz CT molecular complexity index is 344. The van der Waals surface area contributed by atoms with E-state index in [4.69, 9.17) is 4.74 Å². The molecule has 0 aliphatic rings. The number of aromatic nitrogens is 2. The molecule has 1 aromatic rings. The monoisotopic (exact) mass is 225 g/mol. The standard InChI is InChI=1S/C10H15N3O3/c1-3-4-16-9-6-11-5-8(13-9)12-7-10(14)15-2/h5-6H,3-4,7H2,1-2H3,(H,12,13). The van der Waals surface area contributed by atoms with Gasteiger partial charge in [0.15, 0.2) is 0 Å². The molecule has 1 aromatic heterocycles. The van der Waals surface area contributed by atoms with Crippen LogP contribution in [0.2, 0.25) is 0 Å². The molecule has 0 saturated carbocycles. The van der Waals surface area contributed by atoms with Gasteiger partial charge in [0.25, 0.3) is 0 Å². The second-order valence-electron chi connectivity index (χ2n) is 3.02. The molecule has 16 heavy (non-hydrogen) atoms. The fourth-order valence-corrected chi connectivity index (χ4v) is 0.944.